The number of hydrogen-bond acceptors (Lipinski definition) is 4. The highest BCUT2D eigenvalue weighted by Gasteiger charge is 2.40. The summed E-state index contributed by atoms with van der Waals surface area (Å²) in [6.45, 7) is 2.14. The van der Waals surface area contributed by atoms with E-state index in [0.717, 1.165) is 44.9 Å². The van der Waals surface area contributed by atoms with Crippen molar-refractivity contribution in [1.82, 2.24) is 0 Å². The normalized spacial score (nSPS) is 24.8. The quantitative estimate of drug-likeness (QED) is 0.340. The first-order valence-corrected chi connectivity index (χ1v) is 11.7. The maximum Gasteiger partial charge on any atom is 0.303 e. The van der Waals surface area contributed by atoms with Gasteiger partial charge in [0.1, 0.15) is 0 Å². The van der Waals surface area contributed by atoms with Gasteiger partial charge in [-0.25, -0.2) is 0 Å². The molecule has 5 heteroatoms. The number of rotatable bonds is 14. The summed E-state index contributed by atoms with van der Waals surface area (Å²) in [7, 11) is 0. The maximum atomic E-state index is 10.6. The van der Waals surface area contributed by atoms with Crippen LogP contribution in [0.3, 0.4) is 0 Å². The molecule has 0 aliphatic heterocycles. The zero-order valence-electron chi connectivity index (χ0n) is 18.4. The van der Waals surface area contributed by atoms with Gasteiger partial charge in [-0.15, -0.1) is 0 Å². The third kappa shape index (κ3) is 8.37. The fourth-order valence-electron chi connectivity index (χ4n) is 4.86. The zero-order valence-corrected chi connectivity index (χ0v) is 18.4. The number of carbonyl (C=O) groups is 1. The number of hydrogen-bond donors (Lipinski definition) is 4. The van der Waals surface area contributed by atoms with Crippen LogP contribution in [0.1, 0.15) is 82.3 Å². The van der Waals surface area contributed by atoms with Gasteiger partial charge >= 0.3 is 5.97 Å². The number of benzene rings is 1. The molecule has 2 rings (SSSR count). The van der Waals surface area contributed by atoms with Crippen LogP contribution in [0.15, 0.2) is 24.3 Å². The Morgan fingerprint density at radius 1 is 1.00 bits per heavy atom. The van der Waals surface area contributed by atoms with Crippen molar-refractivity contribution in [3.05, 3.63) is 35.4 Å². The van der Waals surface area contributed by atoms with Gasteiger partial charge in [-0.05, 0) is 74.3 Å². The molecular formula is C25H40O5. The zero-order chi connectivity index (χ0) is 21.9. The summed E-state index contributed by atoms with van der Waals surface area (Å²) in [6, 6.07) is 8.51. The molecule has 0 bridgehead atoms. The van der Waals surface area contributed by atoms with Gasteiger partial charge in [-0.1, -0.05) is 50.5 Å². The topological polar surface area (TPSA) is 98.0 Å². The summed E-state index contributed by atoms with van der Waals surface area (Å²) in [6.07, 6.45) is 7.59. The van der Waals surface area contributed by atoms with Crippen LogP contribution in [0, 0.1) is 11.8 Å². The molecule has 1 aliphatic rings. The SMILES string of the molecule is CCc1cccc(CC[C@H](O)CC[C@@H]2[C@@H](CCCCCCC(=O)O)[C@@H](O)C[C@H]2O)c1. The van der Waals surface area contributed by atoms with E-state index in [0.29, 0.717) is 25.7 Å². The summed E-state index contributed by atoms with van der Waals surface area (Å²) >= 11 is 0. The van der Waals surface area contributed by atoms with Crippen molar-refractivity contribution < 1.29 is 25.2 Å². The van der Waals surface area contributed by atoms with Crippen molar-refractivity contribution in [3.63, 3.8) is 0 Å². The van der Waals surface area contributed by atoms with Crippen molar-refractivity contribution in [3.8, 4) is 0 Å². The lowest BCUT2D eigenvalue weighted by Crippen LogP contribution is -2.24. The average molecular weight is 421 g/mol. The number of aliphatic hydroxyl groups excluding tert-OH is 3. The maximum absolute atomic E-state index is 10.6. The van der Waals surface area contributed by atoms with Gasteiger partial charge in [0.2, 0.25) is 0 Å². The van der Waals surface area contributed by atoms with E-state index < -0.39 is 24.3 Å². The molecule has 170 valence electrons. The van der Waals surface area contributed by atoms with Crippen LogP contribution in [-0.4, -0.2) is 44.7 Å². The molecule has 0 radical (unpaired) electrons. The van der Waals surface area contributed by atoms with Gasteiger partial charge in [0.25, 0.3) is 0 Å². The van der Waals surface area contributed by atoms with Gasteiger partial charge in [-0.3, -0.25) is 4.79 Å². The third-order valence-electron chi connectivity index (χ3n) is 6.70. The van der Waals surface area contributed by atoms with E-state index in [4.69, 9.17) is 5.11 Å². The van der Waals surface area contributed by atoms with Gasteiger partial charge in [0.15, 0.2) is 0 Å². The molecule has 0 aromatic heterocycles. The van der Waals surface area contributed by atoms with Crippen LogP contribution in [0.5, 0.6) is 0 Å². The number of aryl methyl sites for hydroxylation is 2. The van der Waals surface area contributed by atoms with Crippen LogP contribution in [-0.2, 0) is 17.6 Å². The first-order valence-electron chi connectivity index (χ1n) is 11.7. The molecule has 0 saturated heterocycles. The van der Waals surface area contributed by atoms with Crippen LogP contribution in [0.4, 0.5) is 0 Å². The molecule has 0 heterocycles. The summed E-state index contributed by atoms with van der Waals surface area (Å²) in [5, 5.41) is 39.9. The van der Waals surface area contributed by atoms with E-state index in [1.165, 1.54) is 11.1 Å². The Balaban J connectivity index is 1.72. The Labute approximate surface area is 181 Å². The van der Waals surface area contributed by atoms with Crippen LogP contribution >= 0.6 is 0 Å². The molecular weight excluding hydrogens is 380 g/mol. The Bertz CT molecular complexity index is 632. The minimum absolute atomic E-state index is 0.0390. The van der Waals surface area contributed by atoms with Gasteiger partial charge in [-0.2, -0.15) is 0 Å². The molecule has 1 aromatic carbocycles. The fourth-order valence-corrected chi connectivity index (χ4v) is 4.86. The van der Waals surface area contributed by atoms with Crippen molar-refractivity contribution >= 4 is 5.97 Å². The molecule has 5 atom stereocenters. The van der Waals surface area contributed by atoms with E-state index in [-0.39, 0.29) is 18.3 Å². The molecule has 0 amide bonds. The van der Waals surface area contributed by atoms with Crippen LogP contribution in [0.25, 0.3) is 0 Å². The van der Waals surface area contributed by atoms with E-state index >= 15 is 0 Å². The van der Waals surface area contributed by atoms with E-state index in [1.807, 2.05) is 0 Å². The predicted octanol–water partition coefficient (Wildman–Crippen LogP) is 4.11. The highest BCUT2D eigenvalue weighted by atomic mass is 16.4. The minimum atomic E-state index is -0.749. The fraction of sp³-hybridized carbons (Fsp3) is 0.720. The van der Waals surface area contributed by atoms with Gasteiger partial charge in [0.05, 0.1) is 18.3 Å². The largest absolute Gasteiger partial charge is 0.481 e. The van der Waals surface area contributed by atoms with E-state index in [1.54, 1.807) is 0 Å². The molecule has 1 saturated carbocycles. The lowest BCUT2D eigenvalue weighted by molar-refractivity contribution is -0.137. The van der Waals surface area contributed by atoms with Crippen molar-refractivity contribution in [2.24, 2.45) is 11.8 Å². The number of aliphatic carboxylic acids is 1. The summed E-state index contributed by atoms with van der Waals surface area (Å²) < 4.78 is 0. The smallest absolute Gasteiger partial charge is 0.303 e. The standard InChI is InChI=1S/C25H40O5/c1-2-18-8-7-9-19(16-18)12-13-20(26)14-15-22-21(23(27)17-24(22)28)10-5-3-4-6-11-25(29)30/h7-9,16,20-24,26-28H,2-6,10-15,17H2,1H3,(H,29,30)/t20-,21+,22+,23-,24+/m0/s1. The monoisotopic (exact) mass is 420 g/mol. The van der Waals surface area contributed by atoms with Crippen LogP contribution in [0.2, 0.25) is 0 Å². The van der Waals surface area contributed by atoms with Crippen LogP contribution < -0.4 is 0 Å². The molecule has 5 nitrogen and oxygen atoms in total. The van der Waals surface area contributed by atoms with E-state index in [9.17, 15) is 20.1 Å². The second-order valence-corrected chi connectivity index (χ2v) is 8.99. The second-order valence-electron chi connectivity index (χ2n) is 8.99. The molecule has 1 aliphatic carbocycles. The van der Waals surface area contributed by atoms with Crippen molar-refractivity contribution in [2.45, 2.75) is 102 Å². The molecule has 1 fully saturated rings. The summed E-state index contributed by atoms with van der Waals surface area (Å²) in [4.78, 5) is 10.6. The minimum Gasteiger partial charge on any atom is -0.481 e. The molecule has 1 aromatic rings. The predicted molar refractivity (Wildman–Crippen MR) is 118 cm³/mol. The number of carboxylic acids is 1. The van der Waals surface area contributed by atoms with Gasteiger partial charge < -0.3 is 20.4 Å². The number of aliphatic hydroxyl groups is 3. The van der Waals surface area contributed by atoms with Gasteiger partial charge in [0, 0.05) is 6.42 Å². The lowest BCUT2D eigenvalue weighted by Gasteiger charge is -2.24. The highest BCUT2D eigenvalue weighted by Crippen LogP contribution is 2.39. The summed E-state index contributed by atoms with van der Waals surface area (Å²) in [5.74, 6) is -0.633. The molecule has 4 N–H and O–H groups in total. The van der Waals surface area contributed by atoms with E-state index in [2.05, 4.69) is 31.2 Å². The summed E-state index contributed by atoms with van der Waals surface area (Å²) in [5.41, 5.74) is 2.57. The highest BCUT2D eigenvalue weighted by molar-refractivity contribution is 5.66. The Morgan fingerprint density at radius 2 is 1.67 bits per heavy atom. The van der Waals surface area contributed by atoms with Crippen molar-refractivity contribution in [2.75, 3.05) is 0 Å². The Morgan fingerprint density at radius 3 is 2.37 bits per heavy atom. The first kappa shape index (κ1) is 24.8. The lowest BCUT2D eigenvalue weighted by atomic mass is 9.84. The molecule has 30 heavy (non-hydrogen) atoms. The second kappa shape index (κ2) is 13.1. The first-order chi connectivity index (χ1) is 14.4. The van der Waals surface area contributed by atoms with Crippen molar-refractivity contribution in [1.29, 1.82) is 0 Å². The Hall–Kier alpha value is -1.43. The molecule has 0 spiro atoms. The Kier molecular flexibility index (Phi) is 10.8. The molecule has 0 unspecified atom stereocenters. The number of carboxylic acid groups (broad SMARTS) is 1. The number of unbranched alkanes of at least 4 members (excludes halogenated alkanes) is 3. The average Bonchev–Trinajstić information content (AvgIpc) is 2.99. The third-order valence-corrected chi connectivity index (χ3v) is 6.70.